The third kappa shape index (κ3) is 6.20. The lowest BCUT2D eigenvalue weighted by Gasteiger charge is -2.21. The lowest BCUT2D eigenvalue weighted by Crippen LogP contribution is -2.42. The van der Waals surface area contributed by atoms with E-state index in [0.717, 1.165) is 25.0 Å². The minimum Gasteiger partial charge on any atom is -0.376 e. The summed E-state index contributed by atoms with van der Waals surface area (Å²) in [6, 6.07) is 7.50. The van der Waals surface area contributed by atoms with E-state index in [2.05, 4.69) is 5.32 Å². The fourth-order valence-corrected chi connectivity index (χ4v) is 2.65. The molecular weight excluding hydrogens is 316 g/mol. The van der Waals surface area contributed by atoms with Gasteiger partial charge in [0.05, 0.1) is 12.6 Å². The van der Waals surface area contributed by atoms with Crippen LogP contribution in [0.5, 0.6) is 0 Å². The molecule has 2 amide bonds. The second-order valence-electron chi connectivity index (χ2n) is 5.76. The quantitative estimate of drug-likeness (QED) is 0.827. The zero-order valence-electron chi connectivity index (χ0n) is 13.4. The van der Waals surface area contributed by atoms with Gasteiger partial charge in [0.2, 0.25) is 11.8 Å². The van der Waals surface area contributed by atoms with Crippen molar-refractivity contribution in [3.05, 3.63) is 34.9 Å². The minimum atomic E-state index is -0.146. The highest BCUT2D eigenvalue weighted by atomic mass is 35.5. The summed E-state index contributed by atoms with van der Waals surface area (Å²) in [5.41, 5.74) is 1.08. The molecule has 1 atom stereocenters. The van der Waals surface area contributed by atoms with Gasteiger partial charge in [-0.15, -0.1) is 0 Å². The summed E-state index contributed by atoms with van der Waals surface area (Å²) in [7, 11) is 0. The number of nitrogens with one attached hydrogen (secondary N) is 1. The van der Waals surface area contributed by atoms with Gasteiger partial charge in [-0.3, -0.25) is 9.59 Å². The maximum Gasteiger partial charge on any atom is 0.239 e. The number of rotatable bonds is 7. The first-order valence-electron chi connectivity index (χ1n) is 7.93. The van der Waals surface area contributed by atoms with E-state index < -0.39 is 0 Å². The molecule has 1 aromatic rings. The average Bonchev–Trinajstić information content (AvgIpc) is 3.04. The number of nitrogens with zero attached hydrogens (tertiary/aromatic N) is 1. The average molecular weight is 339 g/mol. The van der Waals surface area contributed by atoms with E-state index in [0.29, 0.717) is 24.5 Å². The smallest absolute Gasteiger partial charge is 0.239 e. The van der Waals surface area contributed by atoms with Crippen LogP contribution in [0.3, 0.4) is 0 Å². The van der Waals surface area contributed by atoms with E-state index in [4.69, 9.17) is 16.3 Å². The van der Waals surface area contributed by atoms with Crippen molar-refractivity contribution < 1.29 is 14.3 Å². The van der Waals surface area contributed by atoms with Crippen molar-refractivity contribution in [1.29, 1.82) is 0 Å². The molecule has 1 aliphatic heterocycles. The van der Waals surface area contributed by atoms with Crippen LogP contribution in [0.1, 0.15) is 25.3 Å². The van der Waals surface area contributed by atoms with E-state index in [9.17, 15) is 9.59 Å². The lowest BCUT2D eigenvalue weighted by molar-refractivity contribution is -0.134. The molecule has 5 nitrogen and oxygen atoms in total. The first kappa shape index (κ1) is 17.8. The van der Waals surface area contributed by atoms with Gasteiger partial charge in [-0.2, -0.15) is 0 Å². The molecule has 0 bridgehead atoms. The minimum absolute atomic E-state index is 0.0790. The van der Waals surface area contributed by atoms with E-state index in [1.807, 2.05) is 24.3 Å². The van der Waals surface area contributed by atoms with Crippen LogP contribution in [0, 0.1) is 0 Å². The molecule has 126 valence electrons. The molecule has 1 heterocycles. The number of halogens is 1. The summed E-state index contributed by atoms with van der Waals surface area (Å²) in [4.78, 5) is 25.3. The Morgan fingerprint density at radius 3 is 2.70 bits per heavy atom. The molecule has 6 heteroatoms. The van der Waals surface area contributed by atoms with E-state index in [1.165, 1.54) is 6.92 Å². The summed E-state index contributed by atoms with van der Waals surface area (Å²) < 4.78 is 5.46. The topological polar surface area (TPSA) is 58.6 Å². The van der Waals surface area contributed by atoms with Gasteiger partial charge in [0, 0.05) is 31.6 Å². The maximum absolute atomic E-state index is 12.0. The molecule has 2 rings (SSSR count). The zero-order chi connectivity index (χ0) is 16.7. The number of carbonyl (C=O) groups excluding carboxylic acids is 2. The Labute approximate surface area is 141 Å². The molecule has 1 N–H and O–H groups in total. The van der Waals surface area contributed by atoms with Crippen LogP contribution in [0.2, 0.25) is 5.02 Å². The van der Waals surface area contributed by atoms with Crippen molar-refractivity contribution in [2.24, 2.45) is 0 Å². The SMILES string of the molecule is CC(=O)N(CCc1ccc(Cl)cc1)CC(=O)NCC1CCCO1. The molecule has 0 saturated carbocycles. The number of ether oxygens (including phenoxy) is 1. The van der Waals surface area contributed by atoms with Crippen LogP contribution in [0.4, 0.5) is 0 Å². The number of amides is 2. The van der Waals surface area contributed by atoms with E-state index >= 15 is 0 Å². The van der Waals surface area contributed by atoms with Crippen molar-refractivity contribution >= 4 is 23.4 Å². The highest BCUT2D eigenvalue weighted by Gasteiger charge is 2.18. The highest BCUT2D eigenvalue weighted by Crippen LogP contribution is 2.11. The van der Waals surface area contributed by atoms with Gasteiger partial charge in [0.25, 0.3) is 0 Å². The van der Waals surface area contributed by atoms with Crippen LogP contribution >= 0.6 is 11.6 Å². The predicted molar refractivity (Wildman–Crippen MR) is 89.4 cm³/mol. The fourth-order valence-electron chi connectivity index (χ4n) is 2.53. The predicted octanol–water partition coefficient (Wildman–Crippen LogP) is 2.03. The van der Waals surface area contributed by atoms with Crippen molar-refractivity contribution in [3.63, 3.8) is 0 Å². The second-order valence-corrected chi connectivity index (χ2v) is 6.19. The van der Waals surface area contributed by atoms with Gasteiger partial charge in [-0.05, 0) is 37.0 Å². The van der Waals surface area contributed by atoms with Gasteiger partial charge in [0.15, 0.2) is 0 Å². The lowest BCUT2D eigenvalue weighted by atomic mass is 10.1. The summed E-state index contributed by atoms with van der Waals surface area (Å²) in [5.74, 6) is -0.252. The highest BCUT2D eigenvalue weighted by molar-refractivity contribution is 6.30. The Kier molecular flexibility index (Phi) is 6.86. The molecule has 0 aliphatic carbocycles. The molecular formula is C17H23ClN2O3. The maximum atomic E-state index is 12.0. The largest absolute Gasteiger partial charge is 0.376 e. The Morgan fingerprint density at radius 1 is 1.35 bits per heavy atom. The Bertz CT molecular complexity index is 527. The van der Waals surface area contributed by atoms with Crippen molar-refractivity contribution in [1.82, 2.24) is 10.2 Å². The molecule has 1 saturated heterocycles. The molecule has 1 unspecified atom stereocenters. The van der Waals surface area contributed by atoms with E-state index in [1.54, 1.807) is 4.90 Å². The first-order chi connectivity index (χ1) is 11.0. The van der Waals surface area contributed by atoms with Gasteiger partial charge >= 0.3 is 0 Å². The Morgan fingerprint density at radius 2 is 2.09 bits per heavy atom. The van der Waals surface area contributed by atoms with Crippen molar-refractivity contribution in [2.75, 3.05) is 26.2 Å². The number of carbonyl (C=O) groups is 2. The van der Waals surface area contributed by atoms with Crippen LogP contribution in [0.25, 0.3) is 0 Å². The standard InChI is InChI=1S/C17H23ClN2O3/c1-13(21)20(9-8-14-4-6-15(18)7-5-14)12-17(22)19-11-16-3-2-10-23-16/h4-7,16H,2-3,8-12H2,1H3,(H,19,22). The molecule has 0 aromatic heterocycles. The molecule has 0 radical (unpaired) electrons. The number of hydrogen-bond acceptors (Lipinski definition) is 3. The van der Waals surface area contributed by atoms with Gasteiger partial charge in [-0.25, -0.2) is 0 Å². The molecule has 1 fully saturated rings. The number of benzene rings is 1. The molecule has 1 aliphatic rings. The fraction of sp³-hybridized carbons (Fsp3) is 0.529. The third-order valence-electron chi connectivity index (χ3n) is 3.91. The van der Waals surface area contributed by atoms with E-state index in [-0.39, 0.29) is 24.5 Å². The van der Waals surface area contributed by atoms with Crippen molar-refractivity contribution in [2.45, 2.75) is 32.3 Å². The Balaban J connectivity index is 1.77. The van der Waals surface area contributed by atoms with Crippen LogP contribution in [0.15, 0.2) is 24.3 Å². The van der Waals surface area contributed by atoms with Gasteiger partial charge in [-0.1, -0.05) is 23.7 Å². The third-order valence-corrected chi connectivity index (χ3v) is 4.17. The van der Waals surface area contributed by atoms with Crippen molar-refractivity contribution in [3.8, 4) is 0 Å². The monoisotopic (exact) mass is 338 g/mol. The molecule has 1 aromatic carbocycles. The zero-order valence-corrected chi connectivity index (χ0v) is 14.1. The van der Waals surface area contributed by atoms with Crippen LogP contribution in [-0.4, -0.2) is 49.1 Å². The normalized spacial score (nSPS) is 17.0. The Hall–Kier alpha value is -1.59. The molecule has 0 spiro atoms. The van der Waals surface area contributed by atoms with Gasteiger partial charge < -0.3 is 15.0 Å². The molecule has 23 heavy (non-hydrogen) atoms. The van der Waals surface area contributed by atoms with Crippen LogP contribution < -0.4 is 5.32 Å². The van der Waals surface area contributed by atoms with Crippen LogP contribution in [-0.2, 0) is 20.7 Å². The summed E-state index contributed by atoms with van der Waals surface area (Å²) in [5, 5.41) is 3.53. The van der Waals surface area contributed by atoms with Gasteiger partial charge in [0.1, 0.15) is 0 Å². The second kappa shape index (κ2) is 8.89. The number of hydrogen-bond donors (Lipinski definition) is 1. The summed E-state index contributed by atoms with van der Waals surface area (Å²) in [6.45, 7) is 3.35. The first-order valence-corrected chi connectivity index (χ1v) is 8.30. The summed E-state index contributed by atoms with van der Waals surface area (Å²) in [6.07, 6.45) is 2.82. The summed E-state index contributed by atoms with van der Waals surface area (Å²) >= 11 is 5.85.